The van der Waals surface area contributed by atoms with E-state index in [-0.39, 0.29) is 5.91 Å². The van der Waals surface area contributed by atoms with Crippen molar-refractivity contribution in [2.45, 2.75) is 13.8 Å². The molecule has 1 amide bonds. The van der Waals surface area contributed by atoms with Gasteiger partial charge in [0.1, 0.15) is 5.75 Å². The van der Waals surface area contributed by atoms with Crippen molar-refractivity contribution in [3.8, 4) is 5.75 Å². The number of carbonyl (C=O) groups excluding carboxylic acids is 1. The predicted molar refractivity (Wildman–Crippen MR) is 117 cm³/mol. The summed E-state index contributed by atoms with van der Waals surface area (Å²) in [5.41, 5.74) is 1.79. The molecule has 0 radical (unpaired) electrons. The Morgan fingerprint density at radius 2 is 1.68 bits per heavy atom. The summed E-state index contributed by atoms with van der Waals surface area (Å²) in [5.74, 6) is 1.04. The predicted octanol–water partition coefficient (Wildman–Crippen LogP) is 3.56. The number of anilines is 1. The first-order valence-electron chi connectivity index (χ1n) is 9.66. The monoisotopic (exact) mass is 397 g/mol. The van der Waals surface area contributed by atoms with Crippen LogP contribution in [0, 0.1) is 5.92 Å². The van der Waals surface area contributed by atoms with Crippen LogP contribution >= 0.6 is 12.2 Å². The lowest BCUT2D eigenvalue weighted by Gasteiger charge is -2.37. The number of piperazine rings is 1. The summed E-state index contributed by atoms with van der Waals surface area (Å²) in [5, 5.41) is 3.33. The fourth-order valence-electron chi connectivity index (χ4n) is 3.02. The van der Waals surface area contributed by atoms with Crippen LogP contribution in [0.15, 0.2) is 54.6 Å². The van der Waals surface area contributed by atoms with Gasteiger partial charge in [0, 0.05) is 37.4 Å². The molecule has 0 aromatic heterocycles. The molecule has 3 rings (SSSR count). The Morgan fingerprint density at radius 3 is 2.29 bits per heavy atom. The number of rotatable bonds is 5. The van der Waals surface area contributed by atoms with E-state index in [4.69, 9.17) is 17.0 Å². The van der Waals surface area contributed by atoms with Gasteiger partial charge in [-0.1, -0.05) is 32.0 Å². The Morgan fingerprint density at radius 1 is 1.04 bits per heavy atom. The second kappa shape index (κ2) is 9.55. The summed E-state index contributed by atoms with van der Waals surface area (Å²) in [6, 6.07) is 17.5. The smallest absolute Gasteiger partial charge is 0.257 e. The van der Waals surface area contributed by atoms with Crippen molar-refractivity contribution in [2.75, 3.05) is 37.7 Å². The van der Waals surface area contributed by atoms with Crippen LogP contribution in [0.25, 0.3) is 0 Å². The highest BCUT2D eigenvalue weighted by Crippen LogP contribution is 2.16. The molecule has 1 fully saturated rings. The lowest BCUT2D eigenvalue weighted by Crippen LogP contribution is -2.52. The van der Waals surface area contributed by atoms with E-state index in [1.54, 1.807) is 12.1 Å². The maximum absolute atomic E-state index is 12.5. The zero-order chi connectivity index (χ0) is 19.9. The molecule has 1 aliphatic rings. The molecule has 0 bridgehead atoms. The molecule has 2 aromatic carbocycles. The number of para-hydroxylation sites is 1. The van der Waals surface area contributed by atoms with Gasteiger partial charge >= 0.3 is 0 Å². The highest BCUT2D eigenvalue weighted by Gasteiger charge is 2.20. The Bertz CT molecular complexity index is 785. The molecule has 148 valence electrons. The number of carbonyl (C=O) groups is 1. The van der Waals surface area contributed by atoms with Gasteiger partial charge in [0.15, 0.2) is 5.11 Å². The van der Waals surface area contributed by atoms with Gasteiger partial charge in [-0.25, -0.2) is 0 Å². The molecule has 1 heterocycles. The van der Waals surface area contributed by atoms with Crippen LogP contribution in [0.2, 0.25) is 0 Å². The van der Waals surface area contributed by atoms with Crippen LogP contribution in [0.3, 0.4) is 0 Å². The zero-order valence-electron chi connectivity index (χ0n) is 16.4. The molecule has 28 heavy (non-hydrogen) atoms. The van der Waals surface area contributed by atoms with E-state index >= 15 is 0 Å². The van der Waals surface area contributed by atoms with Gasteiger partial charge in [0.25, 0.3) is 5.91 Å². The third-order valence-electron chi connectivity index (χ3n) is 4.61. The van der Waals surface area contributed by atoms with Crippen molar-refractivity contribution in [1.29, 1.82) is 0 Å². The lowest BCUT2D eigenvalue weighted by atomic mass is 10.2. The van der Waals surface area contributed by atoms with E-state index in [2.05, 4.69) is 36.2 Å². The van der Waals surface area contributed by atoms with Gasteiger partial charge in [0.05, 0.1) is 6.61 Å². The first kappa shape index (κ1) is 20.1. The topological polar surface area (TPSA) is 44.8 Å². The summed E-state index contributed by atoms with van der Waals surface area (Å²) >= 11 is 5.45. The van der Waals surface area contributed by atoms with E-state index in [0.29, 0.717) is 23.2 Å². The minimum atomic E-state index is -0.189. The Kier molecular flexibility index (Phi) is 6.87. The molecule has 0 spiro atoms. The van der Waals surface area contributed by atoms with Crippen LogP contribution in [-0.2, 0) is 0 Å². The molecule has 6 heteroatoms. The first-order chi connectivity index (χ1) is 13.5. The van der Waals surface area contributed by atoms with E-state index in [1.165, 1.54) is 5.69 Å². The quantitative estimate of drug-likeness (QED) is 0.782. The molecular weight excluding hydrogens is 370 g/mol. The van der Waals surface area contributed by atoms with Crippen LogP contribution in [0.1, 0.15) is 24.2 Å². The first-order valence-corrected chi connectivity index (χ1v) is 10.1. The Balaban J connectivity index is 1.49. The average molecular weight is 398 g/mol. The fraction of sp³-hybridized carbons (Fsp3) is 0.364. The summed E-state index contributed by atoms with van der Waals surface area (Å²) in [7, 11) is 0. The Hall–Kier alpha value is -2.60. The largest absolute Gasteiger partial charge is 0.493 e. The van der Waals surface area contributed by atoms with Gasteiger partial charge in [0.2, 0.25) is 0 Å². The standard InChI is InChI=1S/C22H27N3O2S/c1-17(2)16-27-20-10-8-18(9-11-20)21(26)23-22(28)25-14-12-24(13-15-25)19-6-4-3-5-7-19/h3-11,17H,12-16H2,1-2H3,(H,23,26,28). The molecular formula is C22H27N3O2S. The molecule has 2 aromatic rings. The van der Waals surface area contributed by atoms with Crippen LogP contribution in [-0.4, -0.2) is 48.7 Å². The van der Waals surface area contributed by atoms with Crippen LogP contribution in [0.4, 0.5) is 5.69 Å². The zero-order valence-corrected chi connectivity index (χ0v) is 17.2. The molecule has 1 saturated heterocycles. The second-order valence-electron chi connectivity index (χ2n) is 7.30. The number of hydrogen-bond donors (Lipinski definition) is 1. The molecule has 0 unspecified atom stereocenters. The molecule has 0 aliphatic carbocycles. The normalized spacial score (nSPS) is 14.1. The number of hydrogen-bond acceptors (Lipinski definition) is 4. The van der Waals surface area contributed by atoms with Crippen LogP contribution < -0.4 is 15.0 Å². The molecule has 1 N–H and O–H groups in total. The SMILES string of the molecule is CC(C)COc1ccc(C(=O)NC(=S)N2CCN(c3ccccc3)CC2)cc1. The number of amides is 1. The minimum Gasteiger partial charge on any atom is -0.493 e. The highest BCUT2D eigenvalue weighted by molar-refractivity contribution is 7.80. The van der Waals surface area contributed by atoms with Gasteiger partial charge in [-0.2, -0.15) is 0 Å². The maximum Gasteiger partial charge on any atom is 0.257 e. The number of ether oxygens (including phenoxy) is 1. The third-order valence-corrected chi connectivity index (χ3v) is 4.97. The van der Waals surface area contributed by atoms with Crippen molar-refractivity contribution < 1.29 is 9.53 Å². The van der Waals surface area contributed by atoms with Crippen molar-refractivity contribution in [1.82, 2.24) is 10.2 Å². The lowest BCUT2D eigenvalue weighted by molar-refractivity contribution is 0.0973. The summed E-state index contributed by atoms with van der Waals surface area (Å²) < 4.78 is 5.65. The molecule has 0 saturated carbocycles. The van der Waals surface area contributed by atoms with Crippen molar-refractivity contribution in [2.24, 2.45) is 5.92 Å². The van der Waals surface area contributed by atoms with Gasteiger partial charge in [-0.3, -0.25) is 10.1 Å². The third kappa shape index (κ3) is 5.45. The maximum atomic E-state index is 12.5. The van der Waals surface area contributed by atoms with Crippen molar-refractivity contribution in [3.05, 3.63) is 60.2 Å². The van der Waals surface area contributed by atoms with E-state index in [0.717, 1.165) is 31.9 Å². The summed E-state index contributed by atoms with van der Waals surface area (Å²) in [4.78, 5) is 16.9. The number of nitrogens with one attached hydrogen (secondary N) is 1. The van der Waals surface area contributed by atoms with Crippen molar-refractivity contribution >= 4 is 28.9 Å². The van der Waals surface area contributed by atoms with E-state index in [9.17, 15) is 4.79 Å². The number of thiocarbonyl (C=S) groups is 1. The second-order valence-corrected chi connectivity index (χ2v) is 7.68. The number of nitrogens with zero attached hydrogens (tertiary/aromatic N) is 2. The van der Waals surface area contributed by atoms with Crippen molar-refractivity contribution in [3.63, 3.8) is 0 Å². The van der Waals surface area contributed by atoms with E-state index < -0.39 is 0 Å². The summed E-state index contributed by atoms with van der Waals surface area (Å²) in [6.45, 7) is 8.19. The van der Waals surface area contributed by atoms with Gasteiger partial charge in [-0.05, 0) is 54.5 Å². The molecule has 0 atom stereocenters. The van der Waals surface area contributed by atoms with Gasteiger partial charge < -0.3 is 14.5 Å². The van der Waals surface area contributed by atoms with Crippen LogP contribution in [0.5, 0.6) is 5.75 Å². The Labute approximate surface area is 172 Å². The highest BCUT2D eigenvalue weighted by atomic mass is 32.1. The average Bonchev–Trinajstić information content (AvgIpc) is 2.73. The summed E-state index contributed by atoms with van der Waals surface area (Å²) in [6.07, 6.45) is 0. The molecule has 5 nitrogen and oxygen atoms in total. The molecule has 1 aliphatic heterocycles. The fourth-order valence-corrected chi connectivity index (χ4v) is 3.30. The van der Waals surface area contributed by atoms with Gasteiger partial charge in [-0.15, -0.1) is 0 Å². The minimum absolute atomic E-state index is 0.189. The number of benzene rings is 2. The van der Waals surface area contributed by atoms with E-state index in [1.807, 2.05) is 35.2 Å².